The van der Waals surface area contributed by atoms with Crippen LogP contribution < -0.4 is 0 Å². The lowest BCUT2D eigenvalue weighted by molar-refractivity contribution is -0.142. The van der Waals surface area contributed by atoms with Crippen molar-refractivity contribution in [3.05, 3.63) is 5.53 Å². The lowest BCUT2D eigenvalue weighted by Crippen LogP contribution is -2.18. The van der Waals surface area contributed by atoms with E-state index in [2.05, 4.69) is 4.79 Å². The fourth-order valence-corrected chi connectivity index (χ4v) is 1.04. The lowest BCUT2D eigenvalue weighted by Gasteiger charge is -2.06. The third-order valence-corrected chi connectivity index (χ3v) is 1.60. The lowest BCUT2D eigenvalue weighted by atomic mass is 10.2. The van der Waals surface area contributed by atoms with E-state index in [1.54, 1.807) is 0 Å². The van der Waals surface area contributed by atoms with Gasteiger partial charge >= 0.3 is 12.2 Å². The smallest absolute Gasteiger partial charge is 0.413 e. The van der Waals surface area contributed by atoms with Crippen molar-refractivity contribution < 1.29 is 19.1 Å². The molecule has 1 atom stereocenters. The van der Waals surface area contributed by atoms with E-state index in [0.717, 1.165) is 25.7 Å². The van der Waals surface area contributed by atoms with Crippen molar-refractivity contribution in [2.75, 3.05) is 13.2 Å². The topological polar surface area (TPSA) is 71.9 Å². The van der Waals surface area contributed by atoms with Crippen molar-refractivity contribution in [2.45, 2.75) is 18.9 Å². The molecule has 0 spiro atoms. The highest BCUT2D eigenvalue weighted by atomic mass is 16.6. The molecule has 0 aromatic heterocycles. The SMILES string of the molecule is [N-]=[N+]=CC(=O)OCC1CCCO1. The molecule has 0 bridgehead atoms. The van der Waals surface area contributed by atoms with E-state index in [1.165, 1.54) is 0 Å². The van der Waals surface area contributed by atoms with Crippen molar-refractivity contribution in [3.8, 4) is 0 Å². The summed E-state index contributed by atoms with van der Waals surface area (Å²) in [5, 5.41) is 0. The van der Waals surface area contributed by atoms with Crippen molar-refractivity contribution in [1.82, 2.24) is 0 Å². The average Bonchev–Trinajstić information content (AvgIpc) is 2.53. The summed E-state index contributed by atoms with van der Waals surface area (Å²) in [7, 11) is 0. The van der Waals surface area contributed by atoms with E-state index in [-0.39, 0.29) is 12.7 Å². The van der Waals surface area contributed by atoms with Crippen LogP contribution in [0, 0.1) is 0 Å². The van der Waals surface area contributed by atoms with E-state index >= 15 is 0 Å². The summed E-state index contributed by atoms with van der Waals surface area (Å²) in [5.74, 6) is -0.645. The Hall–Kier alpha value is -1.19. The Bertz CT molecular complexity index is 205. The first-order valence-corrected chi connectivity index (χ1v) is 3.78. The second-order valence-corrected chi connectivity index (χ2v) is 2.51. The van der Waals surface area contributed by atoms with Crippen LogP contribution in [0.25, 0.3) is 5.53 Å². The van der Waals surface area contributed by atoms with Crippen LogP contribution in [-0.4, -0.2) is 36.3 Å². The first kappa shape index (κ1) is 8.90. The van der Waals surface area contributed by atoms with Gasteiger partial charge in [-0.3, -0.25) is 0 Å². The number of hydrogen-bond acceptors (Lipinski definition) is 3. The van der Waals surface area contributed by atoms with E-state index in [1.807, 2.05) is 0 Å². The van der Waals surface area contributed by atoms with Gasteiger partial charge in [-0.05, 0) is 12.8 Å². The summed E-state index contributed by atoms with van der Waals surface area (Å²) >= 11 is 0. The van der Waals surface area contributed by atoms with Gasteiger partial charge in [-0.25, -0.2) is 4.79 Å². The zero-order valence-electron chi connectivity index (χ0n) is 6.60. The molecule has 66 valence electrons. The van der Waals surface area contributed by atoms with Crippen LogP contribution in [0.1, 0.15) is 12.8 Å². The summed E-state index contributed by atoms with van der Waals surface area (Å²) in [5.41, 5.74) is 7.97. The van der Waals surface area contributed by atoms with Crippen molar-refractivity contribution in [1.29, 1.82) is 0 Å². The summed E-state index contributed by atoms with van der Waals surface area (Å²) in [6, 6.07) is 0. The van der Waals surface area contributed by atoms with Crippen LogP contribution in [0.15, 0.2) is 0 Å². The van der Waals surface area contributed by atoms with Crippen LogP contribution in [0.4, 0.5) is 0 Å². The molecule has 0 saturated carbocycles. The molecule has 0 N–H and O–H groups in total. The molecule has 1 unspecified atom stereocenters. The highest BCUT2D eigenvalue weighted by molar-refractivity contribution is 6.20. The zero-order valence-corrected chi connectivity index (χ0v) is 6.60. The quantitative estimate of drug-likeness (QED) is 0.259. The standard InChI is InChI=1S/C7H10N2O3/c8-9-4-7(10)12-5-6-2-1-3-11-6/h4,6H,1-3,5H2. The van der Waals surface area contributed by atoms with Gasteiger partial charge in [0, 0.05) is 6.61 Å². The molecule has 0 aliphatic carbocycles. The molecule has 1 heterocycles. The Balaban J connectivity index is 2.15. The average molecular weight is 170 g/mol. The van der Waals surface area contributed by atoms with Gasteiger partial charge in [-0.15, -0.1) is 0 Å². The Labute approximate surface area is 69.9 Å². The minimum atomic E-state index is -0.645. The molecule has 5 heteroatoms. The van der Waals surface area contributed by atoms with Gasteiger partial charge in [0.25, 0.3) is 0 Å². The Morgan fingerprint density at radius 2 is 2.67 bits per heavy atom. The summed E-state index contributed by atoms with van der Waals surface area (Å²) in [6.07, 6.45) is 2.66. The second kappa shape index (κ2) is 4.64. The van der Waals surface area contributed by atoms with Gasteiger partial charge in [-0.2, -0.15) is 4.79 Å². The number of esters is 1. The summed E-state index contributed by atoms with van der Waals surface area (Å²) < 4.78 is 9.89. The molecule has 1 rings (SSSR count). The Morgan fingerprint density at radius 3 is 3.25 bits per heavy atom. The maximum absolute atomic E-state index is 10.6. The normalized spacial score (nSPS) is 21.5. The maximum Gasteiger partial charge on any atom is 0.413 e. The minimum Gasteiger partial charge on any atom is -0.455 e. The van der Waals surface area contributed by atoms with E-state index in [4.69, 9.17) is 15.0 Å². The van der Waals surface area contributed by atoms with Crippen LogP contribution in [-0.2, 0) is 14.3 Å². The van der Waals surface area contributed by atoms with E-state index in [0.29, 0.717) is 0 Å². The number of hydrogen-bond donors (Lipinski definition) is 0. The first-order chi connectivity index (χ1) is 5.83. The van der Waals surface area contributed by atoms with Crippen molar-refractivity contribution >= 4 is 12.2 Å². The first-order valence-electron chi connectivity index (χ1n) is 3.78. The fourth-order valence-electron chi connectivity index (χ4n) is 1.04. The molecule has 1 fully saturated rings. The predicted molar refractivity (Wildman–Crippen MR) is 39.6 cm³/mol. The molecule has 0 aromatic carbocycles. The number of ether oxygens (including phenoxy) is 2. The van der Waals surface area contributed by atoms with E-state index in [9.17, 15) is 4.79 Å². The zero-order chi connectivity index (χ0) is 8.81. The van der Waals surface area contributed by atoms with E-state index < -0.39 is 5.97 Å². The third kappa shape index (κ3) is 2.82. The van der Waals surface area contributed by atoms with Gasteiger partial charge < -0.3 is 15.0 Å². The van der Waals surface area contributed by atoms with Gasteiger partial charge in [0.05, 0.1) is 6.10 Å². The van der Waals surface area contributed by atoms with Crippen molar-refractivity contribution in [2.24, 2.45) is 0 Å². The van der Waals surface area contributed by atoms with Crippen molar-refractivity contribution in [3.63, 3.8) is 0 Å². The molecule has 12 heavy (non-hydrogen) atoms. The molecule has 1 saturated heterocycles. The molecular formula is C7H10N2O3. The van der Waals surface area contributed by atoms with Crippen LogP contribution in [0.2, 0.25) is 0 Å². The second-order valence-electron chi connectivity index (χ2n) is 2.51. The number of carbonyl (C=O) groups is 1. The predicted octanol–water partition coefficient (Wildman–Crippen LogP) is 0.00920. The maximum atomic E-state index is 10.6. The fraction of sp³-hybridized carbons (Fsp3) is 0.714. The molecule has 5 nitrogen and oxygen atoms in total. The molecular weight excluding hydrogens is 160 g/mol. The van der Waals surface area contributed by atoms with Crippen LogP contribution in [0.3, 0.4) is 0 Å². The monoisotopic (exact) mass is 170 g/mol. The largest absolute Gasteiger partial charge is 0.455 e. The molecule has 0 amide bonds. The van der Waals surface area contributed by atoms with Gasteiger partial charge in [0.15, 0.2) is 0 Å². The molecule has 0 radical (unpaired) electrons. The molecule has 1 aliphatic heterocycles. The number of carbonyl (C=O) groups excluding carboxylic acids is 1. The number of nitrogens with zero attached hydrogens (tertiary/aromatic N) is 2. The Kier molecular flexibility index (Phi) is 3.44. The summed E-state index contributed by atoms with van der Waals surface area (Å²) in [4.78, 5) is 13.2. The van der Waals surface area contributed by atoms with Crippen LogP contribution in [0.5, 0.6) is 0 Å². The van der Waals surface area contributed by atoms with Gasteiger partial charge in [0.2, 0.25) is 0 Å². The highest BCUT2D eigenvalue weighted by Gasteiger charge is 2.17. The highest BCUT2D eigenvalue weighted by Crippen LogP contribution is 2.11. The Morgan fingerprint density at radius 1 is 1.83 bits per heavy atom. The van der Waals surface area contributed by atoms with Gasteiger partial charge in [-0.1, -0.05) is 0 Å². The molecule has 0 aromatic rings. The van der Waals surface area contributed by atoms with Crippen LogP contribution >= 0.6 is 0 Å². The number of rotatable bonds is 3. The van der Waals surface area contributed by atoms with Gasteiger partial charge in [0.1, 0.15) is 6.61 Å². The third-order valence-electron chi connectivity index (χ3n) is 1.60. The molecule has 1 aliphatic rings. The summed E-state index contributed by atoms with van der Waals surface area (Å²) in [6.45, 7) is 0.973. The minimum absolute atomic E-state index is 0.0149.